The summed E-state index contributed by atoms with van der Waals surface area (Å²) in [4.78, 5) is 2.55. The molecule has 4 nitrogen and oxygen atoms in total. The largest absolute Gasteiger partial charge is 0.359 e. The summed E-state index contributed by atoms with van der Waals surface area (Å²) in [5.41, 5.74) is 1.76. The van der Waals surface area contributed by atoms with Crippen LogP contribution in [0.4, 0.5) is 5.13 Å². The fraction of sp³-hybridized carbons (Fsp3) is 0.800. The first kappa shape index (κ1) is 10.8. The van der Waals surface area contributed by atoms with Crippen LogP contribution in [-0.4, -0.2) is 40.8 Å². The van der Waals surface area contributed by atoms with Gasteiger partial charge in [-0.15, -0.1) is 10.2 Å². The van der Waals surface area contributed by atoms with Gasteiger partial charge in [-0.2, -0.15) is 0 Å². The summed E-state index contributed by atoms with van der Waals surface area (Å²) < 4.78 is 0. The molecule has 5 heteroatoms. The first-order chi connectivity index (χ1) is 7.36. The Bertz CT molecular complexity index is 269. The molecule has 15 heavy (non-hydrogen) atoms. The Hall–Kier alpha value is -0.680. The topological polar surface area (TPSA) is 41.1 Å². The van der Waals surface area contributed by atoms with Crippen molar-refractivity contribution in [3.05, 3.63) is 5.51 Å². The highest BCUT2D eigenvalue weighted by molar-refractivity contribution is 7.13. The van der Waals surface area contributed by atoms with Gasteiger partial charge in [-0.1, -0.05) is 17.8 Å². The lowest BCUT2D eigenvalue weighted by Crippen LogP contribution is -2.41. The van der Waals surface area contributed by atoms with Gasteiger partial charge >= 0.3 is 0 Å². The molecule has 84 valence electrons. The van der Waals surface area contributed by atoms with E-state index in [1.54, 1.807) is 16.8 Å². The maximum Gasteiger partial charge on any atom is 0.205 e. The molecule has 0 aliphatic carbocycles. The van der Waals surface area contributed by atoms with Crippen LogP contribution in [0.5, 0.6) is 0 Å². The van der Waals surface area contributed by atoms with E-state index >= 15 is 0 Å². The third kappa shape index (κ3) is 3.14. The zero-order valence-corrected chi connectivity index (χ0v) is 9.96. The van der Waals surface area contributed by atoms with Gasteiger partial charge in [0.05, 0.1) is 0 Å². The number of piperidine rings is 1. The second-order valence-electron chi connectivity index (χ2n) is 4.07. The van der Waals surface area contributed by atoms with Crippen molar-refractivity contribution in [2.75, 3.05) is 25.0 Å². The number of likely N-dealkylation sites (tertiary alicyclic amines) is 1. The van der Waals surface area contributed by atoms with Gasteiger partial charge in [-0.3, -0.25) is 4.90 Å². The van der Waals surface area contributed by atoms with Crippen LogP contribution in [-0.2, 0) is 0 Å². The molecule has 1 aromatic rings. The molecule has 1 N–H and O–H groups in total. The van der Waals surface area contributed by atoms with E-state index < -0.39 is 0 Å². The van der Waals surface area contributed by atoms with Crippen molar-refractivity contribution in [3.8, 4) is 0 Å². The van der Waals surface area contributed by atoms with Crippen LogP contribution < -0.4 is 5.32 Å². The zero-order valence-electron chi connectivity index (χ0n) is 9.15. The quantitative estimate of drug-likeness (QED) is 0.850. The Labute approximate surface area is 94.7 Å². The minimum absolute atomic E-state index is 0.592. The minimum atomic E-state index is 0.592. The van der Waals surface area contributed by atoms with Crippen LogP contribution in [0.25, 0.3) is 0 Å². The van der Waals surface area contributed by atoms with Crippen molar-refractivity contribution < 1.29 is 0 Å². The molecule has 2 heterocycles. The summed E-state index contributed by atoms with van der Waals surface area (Å²) in [5.74, 6) is 0. The molecule has 1 saturated heterocycles. The Balaban J connectivity index is 1.74. The maximum atomic E-state index is 3.97. The number of anilines is 1. The van der Waals surface area contributed by atoms with E-state index in [2.05, 4.69) is 27.3 Å². The van der Waals surface area contributed by atoms with Crippen molar-refractivity contribution in [1.29, 1.82) is 0 Å². The number of hydrogen-bond acceptors (Lipinski definition) is 5. The molecular weight excluding hydrogens is 208 g/mol. The summed E-state index contributed by atoms with van der Waals surface area (Å²) in [6, 6.07) is 0.592. The lowest BCUT2D eigenvalue weighted by atomic mass is 10.1. The van der Waals surface area contributed by atoms with E-state index in [4.69, 9.17) is 0 Å². The Kier molecular flexibility index (Phi) is 3.91. The third-order valence-corrected chi connectivity index (χ3v) is 3.57. The summed E-state index contributed by atoms with van der Waals surface area (Å²) in [6.07, 6.45) is 4.10. The van der Waals surface area contributed by atoms with Crippen LogP contribution in [0, 0.1) is 0 Å². The Morgan fingerprint density at radius 3 is 2.93 bits per heavy atom. The van der Waals surface area contributed by atoms with E-state index in [1.807, 2.05) is 0 Å². The van der Waals surface area contributed by atoms with Gasteiger partial charge in [0, 0.05) is 12.6 Å². The fourth-order valence-electron chi connectivity index (χ4n) is 1.97. The average molecular weight is 226 g/mol. The molecule has 1 fully saturated rings. The molecule has 1 atom stereocenters. The molecule has 1 aliphatic heterocycles. The highest BCUT2D eigenvalue weighted by Crippen LogP contribution is 2.13. The molecule has 1 unspecified atom stereocenters. The van der Waals surface area contributed by atoms with Gasteiger partial charge in [-0.05, 0) is 32.9 Å². The van der Waals surface area contributed by atoms with Crippen LogP contribution in [0.15, 0.2) is 5.51 Å². The van der Waals surface area contributed by atoms with Crippen LogP contribution in [0.1, 0.15) is 26.2 Å². The SMILES string of the molecule is CC(CNc1nncs1)N1CCCCC1. The molecule has 0 radical (unpaired) electrons. The zero-order chi connectivity index (χ0) is 10.5. The smallest absolute Gasteiger partial charge is 0.205 e. The first-order valence-electron chi connectivity index (χ1n) is 5.60. The number of nitrogens with one attached hydrogen (secondary N) is 1. The molecule has 0 bridgehead atoms. The predicted octanol–water partition coefficient (Wildman–Crippen LogP) is 1.82. The van der Waals surface area contributed by atoms with Gasteiger partial charge in [0.2, 0.25) is 5.13 Å². The number of rotatable bonds is 4. The highest BCUT2D eigenvalue weighted by Gasteiger charge is 2.16. The van der Waals surface area contributed by atoms with E-state index in [0.29, 0.717) is 6.04 Å². The highest BCUT2D eigenvalue weighted by atomic mass is 32.1. The number of hydrogen-bond donors (Lipinski definition) is 1. The van der Waals surface area contributed by atoms with Crippen molar-refractivity contribution in [3.63, 3.8) is 0 Å². The molecule has 2 rings (SSSR count). The Morgan fingerprint density at radius 1 is 1.47 bits per heavy atom. The molecule has 1 aromatic heterocycles. The average Bonchev–Trinajstić information content (AvgIpc) is 2.80. The van der Waals surface area contributed by atoms with Crippen LogP contribution >= 0.6 is 11.3 Å². The predicted molar refractivity (Wildman–Crippen MR) is 63.3 cm³/mol. The van der Waals surface area contributed by atoms with Crippen molar-refractivity contribution in [1.82, 2.24) is 15.1 Å². The van der Waals surface area contributed by atoms with Gasteiger partial charge in [0.15, 0.2) is 0 Å². The second-order valence-corrected chi connectivity index (χ2v) is 4.90. The summed E-state index contributed by atoms with van der Waals surface area (Å²) >= 11 is 1.56. The van der Waals surface area contributed by atoms with Crippen molar-refractivity contribution in [2.24, 2.45) is 0 Å². The van der Waals surface area contributed by atoms with Gasteiger partial charge in [0.25, 0.3) is 0 Å². The van der Waals surface area contributed by atoms with Crippen molar-refractivity contribution >= 4 is 16.5 Å². The second kappa shape index (κ2) is 5.42. The van der Waals surface area contributed by atoms with Crippen LogP contribution in [0.3, 0.4) is 0 Å². The van der Waals surface area contributed by atoms with E-state index in [-0.39, 0.29) is 0 Å². The third-order valence-electron chi connectivity index (χ3n) is 2.92. The molecule has 0 aromatic carbocycles. The first-order valence-corrected chi connectivity index (χ1v) is 6.48. The summed E-state index contributed by atoms with van der Waals surface area (Å²) in [5, 5.41) is 12.0. The molecule has 0 saturated carbocycles. The number of nitrogens with zero attached hydrogens (tertiary/aromatic N) is 3. The minimum Gasteiger partial charge on any atom is -0.359 e. The van der Waals surface area contributed by atoms with Gasteiger partial charge < -0.3 is 5.32 Å². The molecule has 1 aliphatic rings. The van der Waals surface area contributed by atoms with Gasteiger partial charge in [-0.25, -0.2) is 0 Å². The van der Waals surface area contributed by atoms with Crippen LogP contribution in [0.2, 0.25) is 0 Å². The number of aromatic nitrogens is 2. The maximum absolute atomic E-state index is 3.97. The lowest BCUT2D eigenvalue weighted by molar-refractivity contribution is 0.180. The lowest BCUT2D eigenvalue weighted by Gasteiger charge is -2.32. The fourth-order valence-corrected chi connectivity index (χ4v) is 2.43. The Morgan fingerprint density at radius 2 is 2.27 bits per heavy atom. The molecular formula is C10H18N4S. The monoisotopic (exact) mass is 226 g/mol. The van der Waals surface area contributed by atoms with Crippen molar-refractivity contribution in [2.45, 2.75) is 32.2 Å². The van der Waals surface area contributed by atoms with E-state index in [0.717, 1.165) is 11.7 Å². The molecule has 0 spiro atoms. The summed E-state index contributed by atoms with van der Waals surface area (Å²) in [7, 11) is 0. The molecule has 0 amide bonds. The summed E-state index contributed by atoms with van der Waals surface area (Å²) in [6.45, 7) is 5.74. The van der Waals surface area contributed by atoms with E-state index in [1.165, 1.54) is 32.4 Å². The normalized spacial score (nSPS) is 20.1. The standard InChI is InChI=1S/C10H18N4S/c1-9(14-5-3-2-4-6-14)7-11-10-13-12-8-15-10/h8-9H,2-7H2,1H3,(H,11,13). The van der Waals surface area contributed by atoms with E-state index in [9.17, 15) is 0 Å². The van der Waals surface area contributed by atoms with Gasteiger partial charge in [0.1, 0.15) is 5.51 Å².